The Bertz CT molecular complexity index is 243. The SMILES string of the molecule is CCNC1CCC(C)CC1CN1CC(C)C(C)C1. The van der Waals surface area contributed by atoms with Gasteiger partial charge in [-0.1, -0.05) is 27.7 Å². The molecule has 18 heavy (non-hydrogen) atoms. The Balaban J connectivity index is 1.88. The van der Waals surface area contributed by atoms with Crippen LogP contribution in [0.2, 0.25) is 0 Å². The van der Waals surface area contributed by atoms with E-state index in [1.165, 1.54) is 38.9 Å². The summed E-state index contributed by atoms with van der Waals surface area (Å²) in [5.74, 6) is 3.60. The van der Waals surface area contributed by atoms with E-state index >= 15 is 0 Å². The highest BCUT2D eigenvalue weighted by Gasteiger charge is 2.33. The van der Waals surface area contributed by atoms with Crippen LogP contribution in [0.4, 0.5) is 0 Å². The third-order valence-electron chi connectivity index (χ3n) is 5.27. The van der Waals surface area contributed by atoms with Crippen LogP contribution in [0, 0.1) is 23.7 Å². The minimum absolute atomic E-state index is 0.775. The van der Waals surface area contributed by atoms with Crippen molar-refractivity contribution in [1.29, 1.82) is 0 Å². The summed E-state index contributed by atoms with van der Waals surface area (Å²) in [4.78, 5) is 2.72. The molecule has 0 radical (unpaired) electrons. The lowest BCUT2D eigenvalue weighted by Crippen LogP contribution is -2.45. The molecule has 106 valence electrons. The average molecular weight is 252 g/mol. The maximum atomic E-state index is 3.72. The van der Waals surface area contributed by atoms with Crippen LogP contribution in [0.3, 0.4) is 0 Å². The van der Waals surface area contributed by atoms with Crippen LogP contribution < -0.4 is 5.32 Å². The Morgan fingerprint density at radius 3 is 2.33 bits per heavy atom. The molecule has 2 heteroatoms. The molecule has 2 aliphatic rings. The first-order valence-corrected chi connectivity index (χ1v) is 8.05. The molecule has 1 saturated heterocycles. The molecule has 0 bridgehead atoms. The molecule has 2 rings (SSSR count). The standard InChI is InChI=1S/C16H32N2/c1-5-17-16-7-6-12(2)8-15(16)11-18-9-13(3)14(4)10-18/h12-17H,5-11H2,1-4H3. The molecule has 1 N–H and O–H groups in total. The molecule has 5 unspecified atom stereocenters. The van der Waals surface area contributed by atoms with Crippen molar-refractivity contribution in [2.24, 2.45) is 23.7 Å². The van der Waals surface area contributed by atoms with E-state index in [2.05, 4.69) is 37.9 Å². The lowest BCUT2D eigenvalue weighted by atomic mass is 9.78. The molecule has 2 fully saturated rings. The van der Waals surface area contributed by atoms with E-state index in [1.807, 2.05) is 0 Å². The third kappa shape index (κ3) is 3.48. The van der Waals surface area contributed by atoms with E-state index in [-0.39, 0.29) is 0 Å². The molecule has 2 nitrogen and oxygen atoms in total. The van der Waals surface area contributed by atoms with Crippen LogP contribution in [-0.4, -0.2) is 37.1 Å². The molecule has 0 amide bonds. The van der Waals surface area contributed by atoms with E-state index in [9.17, 15) is 0 Å². The van der Waals surface area contributed by atoms with Gasteiger partial charge in [0.05, 0.1) is 0 Å². The molecule has 1 aliphatic heterocycles. The number of hydrogen-bond donors (Lipinski definition) is 1. The minimum Gasteiger partial charge on any atom is -0.314 e. The Morgan fingerprint density at radius 2 is 1.72 bits per heavy atom. The average Bonchev–Trinajstić information content (AvgIpc) is 2.62. The predicted molar refractivity (Wildman–Crippen MR) is 78.7 cm³/mol. The first kappa shape index (κ1) is 14.3. The quantitative estimate of drug-likeness (QED) is 0.827. The zero-order valence-electron chi connectivity index (χ0n) is 12.8. The fraction of sp³-hybridized carbons (Fsp3) is 1.00. The van der Waals surface area contributed by atoms with Crippen molar-refractivity contribution >= 4 is 0 Å². The summed E-state index contributed by atoms with van der Waals surface area (Å²) in [7, 11) is 0. The number of hydrogen-bond acceptors (Lipinski definition) is 2. The lowest BCUT2D eigenvalue weighted by molar-refractivity contribution is 0.158. The highest BCUT2D eigenvalue weighted by atomic mass is 15.2. The van der Waals surface area contributed by atoms with Crippen molar-refractivity contribution in [3.05, 3.63) is 0 Å². The van der Waals surface area contributed by atoms with E-state index in [0.717, 1.165) is 36.3 Å². The third-order valence-corrected chi connectivity index (χ3v) is 5.27. The topological polar surface area (TPSA) is 15.3 Å². The maximum absolute atomic E-state index is 3.72. The second-order valence-corrected chi connectivity index (χ2v) is 7.02. The van der Waals surface area contributed by atoms with Gasteiger partial charge in [0.2, 0.25) is 0 Å². The zero-order chi connectivity index (χ0) is 13.1. The van der Waals surface area contributed by atoms with Crippen molar-refractivity contribution in [3.8, 4) is 0 Å². The van der Waals surface area contributed by atoms with Gasteiger partial charge in [-0.25, -0.2) is 0 Å². The van der Waals surface area contributed by atoms with E-state index < -0.39 is 0 Å². The molecule has 5 atom stereocenters. The van der Waals surface area contributed by atoms with Crippen LogP contribution in [0.25, 0.3) is 0 Å². The molecule has 0 aromatic rings. The van der Waals surface area contributed by atoms with Gasteiger partial charge in [0, 0.05) is 25.7 Å². The fourth-order valence-corrected chi connectivity index (χ4v) is 3.96. The normalized spacial score (nSPS) is 42.3. The number of nitrogens with zero attached hydrogens (tertiary/aromatic N) is 1. The van der Waals surface area contributed by atoms with E-state index in [4.69, 9.17) is 0 Å². The summed E-state index contributed by atoms with van der Waals surface area (Å²) in [6.45, 7) is 14.6. The molecule has 0 spiro atoms. The minimum atomic E-state index is 0.775. The second-order valence-electron chi connectivity index (χ2n) is 7.02. The Morgan fingerprint density at radius 1 is 1.06 bits per heavy atom. The van der Waals surface area contributed by atoms with Gasteiger partial charge >= 0.3 is 0 Å². The van der Waals surface area contributed by atoms with E-state index in [0.29, 0.717) is 0 Å². The van der Waals surface area contributed by atoms with Crippen molar-refractivity contribution in [3.63, 3.8) is 0 Å². The summed E-state index contributed by atoms with van der Waals surface area (Å²) < 4.78 is 0. The molecule has 1 aliphatic carbocycles. The molecular weight excluding hydrogens is 220 g/mol. The monoisotopic (exact) mass is 252 g/mol. The Labute approximate surface area is 114 Å². The summed E-state index contributed by atoms with van der Waals surface area (Å²) in [6, 6.07) is 0.775. The van der Waals surface area contributed by atoms with Gasteiger partial charge in [-0.3, -0.25) is 0 Å². The maximum Gasteiger partial charge on any atom is 0.0108 e. The smallest absolute Gasteiger partial charge is 0.0108 e. The fourth-order valence-electron chi connectivity index (χ4n) is 3.96. The molecule has 1 saturated carbocycles. The van der Waals surface area contributed by atoms with Gasteiger partial charge in [-0.2, -0.15) is 0 Å². The second kappa shape index (κ2) is 6.38. The summed E-state index contributed by atoms with van der Waals surface area (Å²) in [5, 5.41) is 3.72. The Hall–Kier alpha value is -0.0800. The molecule has 0 aromatic heterocycles. The first-order chi connectivity index (χ1) is 8.60. The molecule has 0 aromatic carbocycles. The van der Waals surface area contributed by atoms with Gasteiger partial charge in [-0.05, 0) is 49.5 Å². The van der Waals surface area contributed by atoms with Gasteiger partial charge < -0.3 is 10.2 Å². The van der Waals surface area contributed by atoms with Crippen molar-refractivity contribution in [1.82, 2.24) is 10.2 Å². The van der Waals surface area contributed by atoms with E-state index in [1.54, 1.807) is 0 Å². The number of likely N-dealkylation sites (tertiary alicyclic amines) is 1. The van der Waals surface area contributed by atoms with Crippen LogP contribution in [-0.2, 0) is 0 Å². The lowest BCUT2D eigenvalue weighted by Gasteiger charge is -2.37. The van der Waals surface area contributed by atoms with Crippen molar-refractivity contribution < 1.29 is 0 Å². The van der Waals surface area contributed by atoms with Crippen LogP contribution in [0.15, 0.2) is 0 Å². The molecular formula is C16H32N2. The van der Waals surface area contributed by atoms with Gasteiger partial charge in [0.25, 0.3) is 0 Å². The van der Waals surface area contributed by atoms with Gasteiger partial charge in [0.15, 0.2) is 0 Å². The zero-order valence-corrected chi connectivity index (χ0v) is 12.8. The number of rotatable bonds is 4. The summed E-state index contributed by atoms with van der Waals surface area (Å²) in [6.07, 6.45) is 4.23. The first-order valence-electron chi connectivity index (χ1n) is 8.05. The number of nitrogens with one attached hydrogen (secondary N) is 1. The predicted octanol–water partition coefficient (Wildman–Crippen LogP) is 2.99. The van der Waals surface area contributed by atoms with Gasteiger partial charge in [-0.15, -0.1) is 0 Å². The molecule has 1 heterocycles. The van der Waals surface area contributed by atoms with Crippen LogP contribution in [0.5, 0.6) is 0 Å². The highest BCUT2D eigenvalue weighted by Crippen LogP contribution is 2.31. The highest BCUT2D eigenvalue weighted by molar-refractivity contribution is 4.88. The van der Waals surface area contributed by atoms with Crippen LogP contribution in [0.1, 0.15) is 47.0 Å². The van der Waals surface area contributed by atoms with Crippen molar-refractivity contribution in [2.45, 2.75) is 53.0 Å². The summed E-state index contributed by atoms with van der Waals surface area (Å²) in [5.41, 5.74) is 0. The van der Waals surface area contributed by atoms with Crippen LogP contribution >= 0.6 is 0 Å². The van der Waals surface area contributed by atoms with Crippen molar-refractivity contribution in [2.75, 3.05) is 26.2 Å². The Kier molecular flexibility index (Phi) is 5.08. The van der Waals surface area contributed by atoms with Gasteiger partial charge in [0.1, 0.15) is 0 Å². The summed E-state index contributed by atoms with van der Waals surface area (Å²) >= 11 is 0. The largest absolute Gasteiger partial charge is 0.314 e.